The van der Waals surface area contributed by atoms with Crippen molar-refractivity contribution in [3.63, 3.8) is 0 Å². The molecule has 0 saturated heterocycles. The fourth-order valence-corrected chi connectivity index (χ4v) is 3.52. The molecule has 0 bridgehead atoms. The Balaban J connectivity index is 1.50. The number of nitrogens with one attached hydrogen (secondary N) is 2. The molecule has 7 nitrogen and oxygen atoms in total. The molecule has 4 rings (SSSR count). The highest BCUT2D eigenvalue weighted by Crippen LogP contribution is 2.32. The Morgan fingerprint density at radius 2 is 1.76 bits per heavy atom. The normalized spacial score (nSPS) is 11.7. The summed E-state index contributed by atoms with van der Waals surface area (Å²) in [4.78, 5) is 32.2. The molecule has 3 aromatic carbocycles. The molecule has 0 fully saturated rings. The first kappa shape index (κ1) is 22.1. The van der Waals surface area contributed by atoms with Crippen LogP contribution in [0.2, 0.25) is 0 Å². The van der Waals surface area contributed by atoms with Crippen LogP contribution in [0.3, 0.4) is 0 Å². The minimum absolute atomic E-state index is 0.133. The summed E-state index contributed by atoms with van der Waals surface area (Å²) in [5, 5.41) is 3.45. The maximum absolute atomic E-state index is 12.4. The van der Waals surface area contributed by atoms with Crippen LogP contribution in [0.25, 0.3) is 22.3 Å². The number of carbonyl (C=O) groups excluding carboxylic acids is 1. The second kappa shape index (κ2) is 9.99. The molecule has 1 atom stereocenters. The van der Waals surface area contributed by atoms with Gasteiger partial charge in [0.25, 0.3) is 11.5 Å². The summed E-state index contributed by atoms with van der Waals surface area (Å²) in [6, 6.07) is 22.0. The van der Waals surface area contributed by atoms with Gasteiger partial charge in [-0.15, -0.1) is 0 Å². The number of nitrogens with zero attached hydrogens (tertiary/aromatic N) is 1. The van der Waals surface area contributed by atoms with Crippen molar-refractivity contribution >= 4 is 16.8 Å². The standard InChI is InChI=1S/C26H25N3O4/c1-3-32-23-15-19(25-28-21-12-8-7-11-20(21)26(31)29-25)13-14-22(23)33-16-24(30)27-17(2)18-9-5-4-6-10-18/h4-15,17H,3,16H2,1-2H3,(H,27,30)(H,28,29,31). The number of carbonyl (C=O) groups is 1. The summed E-state index contributed by atoms with van der Waals surface area (Å²) in [6.07, 6.45) is 0. The van der Waals surface area contributed by atoms with Crippen molar-refractivity contribution in [1.82, 2.24) is 15.3 Å². The van der Waals surface area contributed by atoms with Crippen molar-refractivity contribution in [2.24, 2.45) is 0 Å². The number of ether oxygens (including phenoxy) is 2. The van der Waals surface area contributed by atoms with Crippen LogP contribution < -0.4 is 20.3 Å². The number of hydrogen-bond acceptors (Lipinski definition) is 5. The van der Waals surface area contributed by atoms with Gasteiger partial charge in [0.2, 0.25) is 0 Å². The van der Waals surface area contributed by atoms with Gasteiger partial charge in [0.15, 0.2) is 18.1 Å². The van der Waals surface area contributed by atoms with E-state index < -0.39 is 0 Å². The van der Waals surface area contributed by atoms with Crippen molar-refractivity contribution in [1.29, 1.82) is 0 Å². The molecule has 0 radical (unpaired) electrons. The van der Waals surface area contributed by atoms with Crippen LogP contribution in [0, 0.1) is 0 Å². The zero-order valence-corrected chi connectivity index (χ0v) is 18.5. The molecular weight excluding hydrogens is 418 g/mol. The average Bonchev–Trinajstić information content (AvgIpc) is 2.84. The van der Waals surface area contributed by atoms with E-state index in [2.05, 4.69) is 15.3 Å². The lowest BCUT2D eigenvalue weighted by Gasteiger charge is -2.16. The summed E-state index contributed by atoms with van der Waals surface area (Å²) in [5.74, 6) is 1.10. The quantitative estimate of drug-likeness (QED) is 0.425. The van der Waals surface area contributed by atoms with E-state index in [1.807, 2.05) is 50.2 Å². The monoisotopic (exact) mass is 443 g/mol. The molecule has 33 heavy (non-hydrogen) atoms. The lowest BCUT2D eigenvalue weighted by Crippen LogP contribution is -2.31. The predicted molar refractivity (Wildman–Crippen MR) is 127 cm³/mol. The zero-order valence-electron chi connectivity index (χ0n) is 18.5. The Kier molecular flexibility index (Phi) is 6.69. The molecule has 0 aliphatic heterocycles. The Labute approximate surface area is 191 Å². The van der Waals surface area contributed by atoms with E-state index in [0.29, 0.717) is 40.4 Å². The lowest BCUT2D eigenvalue weighted by molar-refractivity contribution is -0.123. The number of H-pyrrole nitrogens is 1. The summed E-state index contributed by atoms with van der Waals surface area (Å²) in [6.45, 7) is 4.05. The summed E-state index contributed by atoms with van der Waals surface area (Å²) >= 11 is 0. The van der Waals surface area contributed by atoms with Crippen molar-refractivity contribution in [3.05, 3.63) is 88.7 Å². The fraction of sp³-hybridized carbons (Fsp3) is 0.192. The third-order valence-corrected chi connectivity index (χ3v) is 5.17. The van der Waals surface area contributed by atoms with Gasteiger partial charge in [-0.3, -0.25) is 9.59 Å². The molecule has 7 heteroatoms. The average molecular weight is 444 g/mol. The molecule has 0 aliphatic carbocycles. The van der Waals surface area contributed by atoms with E-state index in [-0.39, 0.29) is 24.1 Å². The minimum Gasteiger partial charge on any atom is -0.490 e. The van der Waals surface area contributed by atoms with E-state index in [1.165, 1.54) is 0 Å². The third kappa shape index (κ3) is 5.20. The lowest BCUT2D eigenvalue weighted by atomic mass is 10.1. The zero-order chi connectivity index (χ0) is 23.2. The third-order valence-electron chi connectivity index (χ3n) is 5.17. The highest BCUT2D eigenvalue weighted by molar-refractivity contribution is 5.80. The maximum atomic E-state index is 12.4. The van der Waals surface area contributed by atoms with Crippen LogP contribution in [-0.4, -0.2) is 29.1 Å². The molecule has 0 spiro atoms. The predicted octanol–water partition coefficient (Wildman–Crippen LogP) is 4.25. The fourth-order valence-electron chi connectivity index (χ4n) is 3.52. The van der Waals surface area contributed by atoms with Gasteiger partial charge in [0, 0.05) is 5.56 Å². The summed E-state index contributed by atoms with van der Waals surface area (Å²) < 4.78 is 11.5. The van der Waals surface area contributed by atoms with Gasteiger partial charge in [-0.1, -0.05) is 42.5 Å². The van der Waals surface area contributed by atoms with Gasteiger partial charge in [0.05, 0.1) is 23.6 Å². The number of aromatic nitrogens is 2. The highest BCUT2D eigenvalue weighted by atomic mass is 16.5. The van der Waals surface area contributed by atoms with E-state index in [1.54, 1.807) is 36.4 Å². The Morgan fingerprint density at radius 1 is 1.00 bits per heavy atom. The molecule has 0 saturated carbocycles. The van der Waals surface area contributed by atoms with Crippen molar-refractivity contribution in [2.45, 2.75) is 19.9 Å². The van der Waals surface area contributed by atoms with Gasteiger partial charge in [0.1, 0.15) is 5.82 Å². The van der Waals surface area contributed by atoms with Gasteiger partial charge in [-0.05, 0) is 49.7 Å². The topological polar surface area (TPSA) is 93.3 Å². The van der Waals surface area contributed by atoms with Gasteiger partial charge < -0.3 is 19.8 Å². The molecule has 1 amide bonds. The number of hydrogen-bond donors (Lipinski definition) is 2. The molecule has 2 N–H and O–H groups in total. The van der Waals surface area contributed by atoms with Crippen LogP contribution in [0.5, 0.6) is 11.5 Å². The first-order valence-electron chi connectivity index (χ1n) is 10.8. The number of rotatable bonds is 8. The molecule has 1 unspecified atom stereocenters. The van der Waals surface area contributed by atoms with E-state index in [9.17, 15) is 9.59 Å². The van der Waals surface area contributed by atoms with Crippen molar-refractivity contribution in [2.75, 3.05) is 13.2 Å². The first-order chi connectivity index (χ1) is 16.0. The van der Waals surface area contributed by atoms with Crippen LogP contribution in [0.1, 0.15) is 25.5 Å². The Bertz CT molecular complexity index is 1320. The van der Waals surface area contributed by atoms with Gasteiger partial charge in [-0.2, -0.15) is 0 Å². The summed E-state index contributed by atoms with van der Waals surface area (Å²) in [5.41, 5.74) is 2.09. The van der Waals surface area contributed by atoms with Crippen molar-refractivity contribution in [3.8, 4) is 22.9 Å². The molecule has 1 aromatic heterocycles. The Hall–Kier alpha value is -4.13. The highest BCUT2D eigenvalue weighted by Gasteiger charge is 2.14. The molecule has 168 valence electrons. The van der Waals surface area contributed by atoms with E-state index in [0.717, 1.165) is 5.56 Å². The smallest absolute Gasteiger partial charge is 0.259 e. The second-order valence-electron chi connectivity index (χ2n) is 7.51. The van der Waals surface area contributed by atoms with E-state index in [4.69, 9.17) is 9.47 Å². The van der Waals surface area contributed by atoms with E-state index >= 15 is 0 Å². The molecule has 4 aromatic rings. The van der Waals surface area contributed by atoms with Crippen LogP contribution in [0.4, 0.5) is 0 Å². The maximum Gasteiger partial charge on any atom is 0.259 e. The SMILES string of the molecule is CCOc1cc(-c2nc3ccccc3c(=O)[nH]2)ccc1OCC(=O)NC(C)c1ccccc1. The first-order valence-corrected chi connectivity index (χ1v) is 10.8. The minimum atomic E-state index is -0.238. The molecule has 1 heterocycles. The van der Waals surface area contributed by atoms with Crippen LogP contribution in [0.15, 0.2) is 77.6 Å². The van der Waals surface area contributed by atoms with Gasteiger partial charge in [-0.25, -0.2) is 4.98 Å². The largest absolute Gasteiger partial charge is 0.490 e. The number of fused-ring (bicyclic) bond motifs is 1. The number of aromatic amines is 1. The number of benzene rings is 3. The van der Waals surface area contributed by atoms with Crippen LogP contribution >= 0.6 is 0 Å². The number of para-hydroxylation sites is 1. The number of amides is 1. The van der Waals surface area contributed by atoms with Crippen LogP contribution in [-0.2, 0) is 4.79 Å². The summed E-state index contributed by atoms with van der Waals surface area (Å²) in [7, 11) is 0. The molecular formula is C26H25N3O4. The van der Waals surface area contributed by atoms with Crippen molar-refractivity contribution < 1.29 is 14.3 Å². The molecule has 0 aliphatic rings. The Morgan fingerprint density at radius 3 is 2.55 bits per heavy atom. The second-order valence-corrected chi connectivity index (χ2v) is 7.51. The van der Waals surface area contributed by atoms with Gasteiger partial charge >= 0.3 is 0 Å².